The molecule has 1 N–H and O–H groups in total. The second-order valence-corrected chi connectivity index (χ2v) is 4.39. The summed E-state index contributed by atoms with van der Waals surface area (Å²) in [4.78, 5) is 8.54. The van der Waals surface area contributed by atoms with Gasteiger partial charge in [-0.3, -0.25) is 4.98 Å². The second kappa shape index (κ2) is 4.25. The second-order valence-electron chi connectivity index (χ2n) is 4.39. The number of rotatable bonds is 4. The highest BCUT2D eigenvalue weighted by atomic mass is 16.5. The number of nitrogens with zero attached hydrogens (tertiary/aromatic N) is 3. The zero-order valence-electron chi connectivity index (χ0n) is 9.68. The van der Waals surface area contributed by atoms with Crippen LogP contribution in [-0.4, -0.2) is 21.2 Å². The Morgan fingerprint density at radius 1 is 1.47 bits per heavy atom. The van der Waals surface area contributed by atoms with E-state index in [0.29, 0.717) is 24.3 Å². The van der Waals surface area contributed by atoms with E-state index >= 15 is 0 Å². The number of aromatic nitrogens is 3. The Morgan fingerprint density at radius 2 is 2.35 bits per heavy atom. The molecule has 17 heavy (non-hydrogen) atoms. The quantitative estimate of drug-likeness (QED) is 0.866. The van der Waals surface area contributed by atoms with Crippen LogP contribution in [0.15, 0.2) is 22.9 Å². The van der Waals surface area contributed by atoms with Crippen LogP contribution in [0.5, 0.6) is 0 Å². The molecule has 0 radical (unpaired) electrons. The standard InChI is InChI=1S/C12H14N4O/c1-8-4-5-13-10(6-8)12-15-11(17-16-12)7-14-9-2-3-9/h4-6,9,14H,2-3,7H2,1H3. The topological polar surface area (TPSA) is 63.8 Å². The van der Waals surface area contributed by atoms with Crippen LogP contribution in [0.25, 0.3) is 11.5 Å². The molecule has 0 bridgehead atoms. The lowest BCUT2D eigenvalue weighted by molar-refractivity contribution is 0.367. The van der Waals surface area contributed by atoms with E-state index in [1.165, 1.54) is 12.8 Å². The third-order valence-electron chi connectivity index (χ3n) is 2.73. The highest BCUT2D eigenvalue weighted by Crippen LogP contribution is 2.19. The Kier molecular flexibility index (Phi) is 2.60. The van der Waals surface area contributed by atoms with Crippen molar-refractivity contribution in [2.45, 2.75) is 32.4 Å². The van der Waals surface area contributed by atoms with Gasteiger partial charge in [0.15, 0.2) is 0 Å². The van der Waals surface area contributed by atoms with Crippen molar-refractivity contribution in [1.29, 1.82) is 0 Å². The molecule has 0 atom stereocenters. The Bertz CT molecular complexity index is 519. The molecule has 1 aliphatic rings. The van der Waals surface area contributed by atoms with Crippen molar-refractivity contribution >= 4 is 0 Å². The molecule has 0 unspecified atom stereocenters. The van der Waals surface area contributed by atoms with Crippen LogP contribution < -0.4 is 5.32 Å². The van der Waals surface area contributed by atoms with Crippen LogP contribution in [0, 0.1) is 6.92 Å². The van der Waals surface area contributed by atoms with Crippen molar-refractivity contribution in [3.8, 4) is 11.5 Å². The third-order valence-corrected chi connectivity index (χ3v) is 2.73. The largest absolute Gasteiger partial charge is 0.337 e. The zero-order chi connectivity index (χ0) is 11.7. The summed E-state index contributed by atoms with van der Waals surface area (Å²) in [7, 11) is 0. The molecule has 0 aromatic carbocycles. The van der Waals surface area contributed by atoms with Gasteiger partial charge in [-0.15, -0.1) is 0 Å². The lowest BCUT2D eigenvalue weighted by Gasteiger charge is -1.95. The first-order valence-corrected chi connectivity index (χ1v) is 5.80. The molecular formula is C12H14N4O. The van der Waals surface area contributed by atoms with Crippen LogP contribution in [0.4, 0.5) is 0 Å². The average Bonchev–Trinajstić information content (AvgIpc) is 3.04. The van der Waals surface area contributed by atoms with E-state index in [2.05, 4.69) is 20.4 Å². The lowest BCUT2D eigenvalue weighted by atomic mass is 10.2. The number of nitrogens with one attached hydrogen (secondary N) is 1. The van der Waals surface area contributed by atoms with E-state index in [1.807, 2.05) is 19.1 Å². The Morgan fingerprint density at radius 3 is 3.12 bits per heavy atom. The van der Waals surface area contributed by atoms with Gasteiger partial charge in [0.05, 0.1) is 6.54 Å². The molecule has 2 aromatic heterocycles. The summed E-state index contributed by atoms with van der Waals surface area (Å²) in [5.41, 5.74) is 1.89. The lowest BCUT2D eigenvalue weighted by Crippen LogP contribution is -2.15. The van der Waals surface area contributed by atoms with Gasteiger partial charge in [-0.2, -0.15) is 4.98 Å². The molecule has 5 heteroatoms. The maximum absolute atomic E-state index is 5.17. The minimum Gasteiger partial charge on any atom is -0.337 e. The molecule has 3 rings (SSSR count). The fourth-order valence-electron chi connectivity index (χ4n) is 1.61. The van der Waals surface area contributed by atoms with Gasteiger partial charge in [-0.25, -0.2) is 0 Å². The maximum Gasteiger partial charge on any atom is 0.240 e. The first-order valence-electron chi connectivity index (χ1n) is 5.80. The normalized spacial score (nSPS) is 15.1. The molecular weight excluding hydrogens is 216 g/mol. The molecule has 0 spiro atoms. The highest BCUT2D eigenvalue weighted by molar-refractivity contribution is 5.48. The molecule has 1 fully saturated rings. The highest BCUT2D eigenvalue weighted by Gasteiger charge is 2.21. The molecule has 5 nitrogen and oxygen atoms in total. The smallest absolute Gasteiger partial charge is 0.240 e. The number of pyridine rings is 1. The van der Waals surface area contributed by atoms with Gasteiger partial charge in [0.1, 0.15) is 5.69 Å². The van der Waals surface area contributed by atoms with E-state index in [1.54, 1.807) is 6.20 Å². The number of hydrogen-bond acceptors (Lipinski definition) is 5. The van der Waals surface area contributed by atoms with E-state index < -0.39 is 0 Å². The number of aryl methyl sites for hydroxylation is 1. The molecule has 0 aliphatic heterocycles. The van der Waals surface area contributed by atoms with Crippen molar-refractivity contribution < 1.29 is 4.52 Å². The number of hydrogen-bond donors (Lipinski definition) is 1. The summed E-state index contributed by atoms with van der Waals surface area (Å²) in [5.74, 6) is 1.18. The SMILES string of the molecule is Cc1ccnc(-c2noc(CNC3CC3)n2)c1. The summed E-state index contributed by atoms with van der Waals surface area (Å²) < 4.78 is 5.17. The first-order chi connectivity index (χ1) is 8.31. The Hall–Kier alpha value is -1.75. The van der Waals surface area contributed by atoms with Crippen molar-refractivity contribution in [3.63, 3.8) is 0 Å². The molecule has 88 valence electrons. The molecule has 0 amide bonds. The Labute approximate surface area is 99.3 Å². The third kappa shape index (κ3) is 2.50. The van der Waals surface area contributed by atoms with Crippen molar-refractivity contribution in [2.75, 3.05) is 0 Å². The van der Waals surface area contributed by atoms with Gasteiger partial charge in [0, 0.05) is 12.2 Å². The van der Waals surface area contributed by atoms with E-state index in [-0.39, 0.29) is 0 Å². The van der Waals surface area contributed by atoms with Crippen molar-refractivity contribution in [2.24, 2.45) is 0 Å². The van der Waals surface area contributed by atoms with Crippen LogP contribution in [0.1, 0.15) is 24.3 Å². The molecule has 2 heterocycles. The van der Waals surface area contributed by atoms with Crippen LogP contribution >= 0.6 is 0 Å². The van der Waals surface area contributed by atoms with Gasteiger partial charge >= 0.3 is 0 Å². The van der Waals surface area contributed by atoms with Gasteiger partial charge in [-0.1, -0.05) is 5.16 Å². The van der Waals surface area contributed by atoms with Crippen molar-refractivity contribution in [1.82, 2.24) is 20.4 Å². The summed E-state index contributed by atoms with van der Waals surface area (Å²) in [5, 5.41) is 7.27. The maximum atomic E-state index is 5.17. The van der Waals surface area contributed by atoms with Gasteiger partial charge in [0.2, 0.25) is 11.7 Å². The average molecular weight is 230 g/mol. The predicted octanol–water partition coefficient (Wildman–Crippen LogP) is 1.69. The van der Waals surface area contributed by atoms with Gasteiger partial charge < -0.3 is 9.84 Å². The summed E-state index contributed by atoms with van der Waals surface area (Å²) >= 11 is 0. The fraction of sp³-hybridized carbons (Fsp3) is 0.417. The molecule has 1 saturated carbocycles. The fourth-order valence-corrected chi connectivity index (χ4v) is 1.61. The minimum absolute atomic E-state index is 0.557. The van der Waals surface area contributed by atoms with Crippen molar-refractivity contribution in [3.05, 3.63) is 29.8 Å². The van der Waals surface area contributed by atoms with Gasteiger partial charge in [-0.05, 0) is 37.5 Å². The Balaban J connectivity index is 1.74. The summed E-state index contributed by atoms with van der Waals surface area (Å²) in [6, 6.07) is 4.53. The summed E-state index contributed by atoms with van der Waals surface area (Å²) in [6.07, 6.45) is 4.25. The molecule has 2 aromatic rings. The molecule has 1 aliphatic carbocycles. The predicted molar refractivity (Wildman–Crippen MR) is 62.1 cm³/mol. The van der Waals surface area contributed by atoms with E-state index in [0.717, 1.165) is 11.3 Å². The van der Waals surface area contributed by atoms with E-state index in [4.69, 9.17) is 4.52 Å². The van der Waals surface area contributed by atoms with Crippen LogP contribution in [-0.2, 0) is 6.54 Å². The van der Waals surface area contributed by atoms with E-state index in [9.17, 15) is 0 Å². The summed E-state index contributed by atoms with van der Waals surface area (Å²) in [6.45, 7) is 2.66. The van der Waals surface area contributed by atoms with Gasteiger partial charge in [0.25, 0.3) is 0 Å². The monoisotopic (exact) mass is 230 g/mol. The first kappa shape index (κ1) is 10.4. The van der Waals surface area contributed by atoms with Crippen LogP contribution in [0.2, 0.25) is 0 Å². The minimum atomic E-state index is 0.557. The molecule has 0 saturated heterocycles. The zero-order valence-corrected chi connectivity index (χ0v) is 9.68. The van der Waals surface area contributed by atoms with Crippen LogP contribution in [0.3, 0.4) is 0 Å².